The molecule has 0 saturated carbocycles. The molecule has 0 aliphatic carbocycles. The van der Waals surface area contributed by atoms with Gasteiger partial charge in [-0.1, -0.05) is 7.43 Å². The maximum absolute atomic E-state index is 12.3. The Hall–Kier alpha value is -3.35. The van der Waals surface area contributed by atoms with E-state index >= 15 is 0 Å². The molecule has 0 bridgehead atoms. The largest absolute Gasteiger partial charge is 0.435 e. The molecule has 3 heterocycles. The van der Waals surface area contributed by atoms with Gasteiger partial charge in [0.05, 0.1) is 17.6 Å². The zero-order chi connectivity index (χ0) is 17.2. The monoisotopic (exact) mass is 354 g/mol. The highest BCUT2D eigenvalue weighted by molar-refractivity contribution is 5.71. The van der Waals surface area contributed by atoms with Crippen LogP contribution in [0.2, 0.25) is 0 Å². The van der Waals surface area contributed by atoms with Crippen molar-refractivity contribution in [3.63, 3.8) is 0 Å². The Labute approximate surface area is 148 Å². The van der Waals surface area contributed by atoms with Gasteiger partial charge in [0.1, 0.15) is 5.75 Å². The summed E-state index contributed by atoms with van der Waals surface area (Å²) in [5, 5.41) is 4.31. The van der Waals surface area contributed by atoms with Crippen molar-refractivity contribution in [2.75, 3.05) is 0 Å². The maximum atomic E-state index is 12.3. The Morgan fingerprint density at radius 1 is 0.885 bits per heavy atom. The van der Waals surface area contributed by atoms with Gasteiger partial charge in [-0.15, -0.1) is 0 Å². The van der Waals surface area contributed by atoms with Gasteiger partial charge >= 0.3 is 6.61 Å². The fourth-order valence-electron chi connectivity index (χ4n) is 2.60. The fraction of sp³-hybridized carbons (Fsp3) is 0.105. The highest BCUT2D eigenvalue weighted by Gasteiger charge is 2.11. The fourth-order valence-corrected chi connectivity index (χ4v) is 2.60. The standard InChI is InChI=1S/C18H12F2N4O.CH4/c19-18(20)25-14-3-1-12(2-4-14)15-11-16(13-5-8-21-9-6-13)24-17(23-15)7-10-22-24;/h1-11,18H;1H4. The second kappa shape index (κ2) is 7.26. The number of halogens is 2. The van der Waals surface area contributed by atoms with Crippen LogP contribution in [0.15, 0.2) is 67.1 Å². The van der Waals surface area contributed by atoms with Crippen molar-refractivity contribution in [2.24, 2.45) is 0 Å². The summed E-state index contributed by atoms with van der Waals surface area (Å²) in [6.07, 6.45) is 5.10. The van der Waals surface area contributed by atoms with Gasteiger partial charge in [0.2, 0.25) is 0 Å². The van der Waals surface area contributed by atoms with E-state index in [1.807, 2.05) is 24.3 Å². The van der Waals surface area contributed by atoms with Crippen molar-refractivity contribution in [1.82, 2.24) is 19.6 Å². The minimum Gasteiger partial charge on any atom is -0.435 e. The average molecular weight is 354 g/mol. The van der Waals surface area contributed by atoms with Crippen LogP contribution in [-0.4, -0.2) is 26.2 Å². The van der Waals surface area contributed by atoms with E-state index in [1.165, 1.54) is 12.1 Å². The summed E-state index contributed by atoms with van der Waals surface area (Å²) in [4.78, 5) is 8.61. The summed E-state index contributed by atoms with van der Waals surface area (Å²) in [5.41, 5.74) is 4.01. The number of nitrogens with zero attached hydrogens (tertiary/aromatic N) is 4. The zero-order valence-corrected chi connectivity index (χ0v) is 12.9. The maximum Gasteiger partial charge on any atom is 0.387 e. The second-order valence-electron chi connectivity index (χ2n) is 5.27. The van der Waals surface area contributed by atoms with E-state index in [0.717, 1.165) is 16.8 Å². The third-order valence-corrected chi connectivity index (χ3v) is 3.71. The lowest BCUT2D eigenvalue weighted by Crippen LogP contribution is -2.01. The average Bonchev–Trinajstić information content (AvgIpc) is 3.10. The number of hydrogen-bond acceptors (Lipinski definition) is 4. The van der Waals surface area contributed by atoms with Crippen LogP contribution in [0.5, 0.6) is 5.75 Å². The number of hydrogen-bond donors (Lipinski definition) is 0. The molecule has 0 N–H and O–H groups in total. The van der Waals surface area contributed by atoms with Crippen molar-refractivity contribution in [2.45, 2.75) is 14.0 Å². The van der Waals surface area contributed by atoms with Crippen molar-refractivity contribution in [3.8, 4) is 28.3 Å². The third kappa shape index (κ3) is 3.37. The van der Waals surface area contributed by atoms with Crippen LogP contribution in [0.25, 0.3) is 28.2 Å². The van der Waals surface area contributed by atoms with Crippen LogP contribution < -0.4 is 4.74 Å². The number of ether oxygens (including phenoxy) is 1. The molecule has 4 rings (SSSR count). The quantitative estimate of drug-likeness (QED) is 0.533. The van der Waals surface area contributed by atoms with E-state index in [0.29, 0.717) is 11.3 Å². The van der Waals surface area contributed by atoms with Crippen molar-refractivity contribution < 1.29 is 13.5 Å². The molecule has 132 valence electrons. The Morgan fingerprint density at radius 2 is 1.62 bits per heavy atom. The van der Waals surface area contributed by atoms with E-state index in [2.05, 4.69) is 19.8 Å². The molecule has 0 spiro atoms. The molecule has 0 radical (unpaired) electrons. The summed E-state index contributed by atoms with van der Waals surface area (Å²) < 4.78 is 30.7. The van der Waals surface area contributed by atoms with Gasteiger partial charge in [0, 0.05) is 29.6 Å². The summed E-state index contributed by atoms with van der Waals surface area (Å²) in [7, 11) is 0. The smallest absolute Gasteiger partial charge is 0.387 e. The number of fused-ring (bicyclic) bond motifs is 1. The highest BCUT2D eigenvalue weighted by atomic mass is 19.3. The van der Waals surface area contributed by atoms with E-state index in [9.17, 15) is 8.78 Å². The van der Waals surface area contributed by atoms with Gasteiger partial charge in [-0.05, 0) is 42.5 Å². The first-order valence-electron chi connectivity index (χ1n) is 7.51. The molecule has 1 aromatic carbocycles. The summed E-state index contributed by atoms with van der Waals surface area (Å²) in [6, 6.07) is 13.9. The number of pyridine rings is 1. The van der Waals surface area contributed by atoms with Crippen molar-refractivity contribution >= 4 is 5.65 Å². The lowest BCUT2D eigenvalue weighted by Gasteiger charge is -2.09. The number of aromatic nitrogens is 4. The topological polar surface area (TPSA) is 52.3 Å². The van der Waals surface area contributed by atoms with Crippen LogP contribution in [0.4, 0.5) is 8.78 Å². The van der Waals surface area contributed by atoms with Crippen molar-refractivity contribution in [1.29, 1.82) is 0 Å². The van der Waals surface area contributed by atoms with Crippen LogP contribution in [0.3, 0.4) is 0 Å². The molecular formula is C19H16F2N4O. The van der Waals surface area contributed by atoms with E-state index < -0.39 is 6.61 Å². The van der Waals surface area contributed by atoms with Crippen LogP contribution in [-0.2, 0) is 0 Å². The van der Waals surface area contributed by atoms with Crippen LogP contribution >= 0.6 is 0 Å². The van der Waals surface area contributed by atoms with Gasteiger partial charge in [-0.3, -0.25) is 4.98 Å². The molecule has 4 aromatic rings. The molecule has 0 aliphatic heterocycles. The summed E-state index contributed by atoms with van der Waals surface area (Å²) >= 11 is 0. The van der Waals surface area contributed by atoms with Crippen molar-refractivity contribution in [3.05, 3.63) is 67.1 Å². The minimum atomic E-state index is -2.84. The molecule has 26 heavy (non-hydrogen) atoms. The van der Waals surface area contributed by atoms with Gasteiger partial charge in [0.15, 0.2) is 5.65 Å². The Morgan fingerprint density at radius 3 is 2.31 bits per heavy atom. The molecule has 3 aromatic heterocycles. The first-order chi connectivity index (χ1) is 12.2. The first kappa shape index (κ1) is 17.5. The lowest BCUT2D eigenvalue weighted by molar-refractivity contribution is -0.0498. The molecule has 0 saturated heterocycles. The molecule has 0 aliphatic rings. The first-order valence-corrected chi connectivity index (χ1v) is 7.51. The van der Waals surface area contributed by atoms with Crippen LogP contribution in [0, 0.1) is 0 Å². The Balaban J connectivity index is 0.00000196. The molecule has 7 heteroatoms. The third-order valence-electron chi connectivity index (χ3n) is 3.71. The SMILES string of the molecule is C.FC(F)Oc1ccc(-c2cc(-c3ccncc3)n3nccc3n2)cc1. The predicted octanol–water partition coefficient (Wildman–Crippen LogP) is 4.70. The van der Waals surface area contributed by atoms with E-state index in [1.54, 1.807) is 35.2 Å². The normalized spacial score (nSPS) is 10.7. The predicted molar refractivity (Wildman–Crippen MR) is 95.0 cm³/mol. The molecule has 0 unspecified atom stereocenters. The number of benzene rings is 1. The Kier molecular flexibility index (Phi) is 4.88. The minimum absolute atomic E-state index is 0. The molecule has 5 nitrogen and oxygen atoms in total. The number of rotatable bonds is 4. The highest BCUT2D eigenvalue weighted by Crippen LogP contribution is 2.27. The molecule has 0 atom stereocenters. The summed E-state index contributed by atoms with van der Waals surface area (Å²) in [6.45, 7) is -2.84. The lowest BCUT2D eigenvalue weighted by atomic mass is 10.1. The second-order valence-corrected chi connectivity index (χ2v) is 5.27. The van der Waals surface area contributed by atoms with Gasteiger partial charge < -0.3 is 4.74 Å². The molecule has 0 fully saturated rings. The van der Waals surface area contributed by atoms with Gasteiger partial charge in [-0.25, -0.2) is 9.50 Å². The molecule has 0 amide bonds. The Bertz CT molecular complexity index is 1000. The van der Waals surface area contributed by atoms with E-state index in [4.69, 9.17) is 0 Å². The number of alkyl halides is 2. The van der Waals surface area contributed by atoms with E-state index in [-0.39, 0.29) is 13.2 Å². The van der Waals surface area contributed by atoms with Crippen LogP contribution in [0.1, 0.15) is 7.43 Å². The zero-order valence-electron chi connectivity index (χ0n) is 12.9. The summed E-state index contributed by atoms with van der Waals surface area (Å²) in [5.74, 6) is 0.110. The van der Waals surface area contributed by atoms with Gasteiger partial charge in [-0.2, -0.15) is 13.9 Å². The molecular weight excluding hydrogens is 338 g/mol. The van der Waals surface area contributed by atoms with Gasteiger partial charge in [0.25, 0.3) is 0 Å².